The fourth-order valence-electron chi connectivity index (χ4n) is 5.13. The van der Waals surface area contributed by atoms with E-state index in [0.29, 0.717) is 10.7 Å². The summed E-state index contributed by atoms with van der Waals surface area (Å²) in [6.45, 7) is 16.5. The van der Waals surface area contributed by atoms with Gasteiger partial charge in [0.2, 0.25) is 5.91 Å². The molecule has 0 aliphatic heterocycles. The lowest BCUT2D eigenvalue weighted by Gasteiger charge is -2.21. The van der Waals surface area contributed by atoms with Gasteiger partial charge in [-0.2, -0.15) is 0 Å². The van der Waals surface area contributed by atoms with Crippen molar-refractivity contribution in [3.05, 3.63) is 93.3 Å². The van der Waals surface area contributed by atoms with E-state index in [0.717, 1.165) is 45.9 Å². The quantitative estimate of drug-likeness (QED) is 0.0700. The average molecular weight is 701 g/mol. The van der Waals surface area contributed by atoms with Gasteiger partial charge < -0.3 is 20.5 Å². The fraction of sp³-hybridized carbons (Fsp3) is 0.425. The Hall–Kier alpha value is -4.57. The first-order valence-electron chi connectivity index (χ1n) is 17.3. The SMILES string of the molecule is C=N/C(=N\C=C(/C)c1ccc(OCCCCCCC)cc1)c1ccc(C[C@H](NC(=O)c2ccc(C(C)(C)C)s2)C(=O)N[C@@H](C)CC(=O)O)cc1. The molecule has 0 fully saturated rings. The van der Waals surface area contributed by atoms with Gasteiger partial charge in [-0.25, -0.2) is 9.98 Å². The molecule has 0 saturated carbocycles. The third-order valence-corrected chi connectivity index (χ3v) is 9.58. The summed E-state index contributed by atoms with van der Waals surface area (Å²) in [7, 11) is 0. The molecule has 50 heavy (non-hydrogen) atoms. The van der Waals surface area contributed by atoms with Crippen molar-refractivity contribution < 1.29 is 24.2 Å². The molecule has 1 heterocycles. The molecule has 2 amide bonds. The Morgan fingerprint density at radius 3 is 2.20 bits per heavy atom. The lowest BCUT2D eigenvalue weighted by molar-refractivity contribution is -0.137. The number of hydrogen-bond donors (Lipinski definition) is 3. The van der Waals surface area contributed by atoms with E-state index >= 15 is 0 Å². The van der Waals surface area contributed by atoms with Gasteiger partial charge in [-0.3, -0.25) is 14.4 Å². The number of benzene rings is 2. The number of unbranched alkanes of at least 4 members (excludes halogenated alkanes) is 4. The van der Waals surface area contributed by atoms with Gasteiger partial charge in [-0.15, -0.1) is 11.3 Å². The second-order valence-corrected chi connectivity index (χ2v) is 14.6. The van der Waals surface area contributed by atoms with Gasteiger partial charge >= 0.3 is 5.97 Å². The van der Waals surface area contributed by atoms with Gasteiger partial charge in [-0.05, 0) is 73.4 Å². The van der Waals surface area contributed by atoms with Crippen LogP contribution in [-0.4, -0.2) is 54.1 Å². The number of allylic oxidation sites excluding steroid dienone is 1. The Labute approximate surface area is 301 Å². The zero-order valence-corrected chi connectivity index (χ0v) is 31.1. The van der Waals surface area contributed by atoms with Crippen molar-refractivity contribution in [1.82, 2.24) is 10.6 Å². The van der Waals surface area contributed by atoms with Gasteiger partial charge in [-0.1, -0.05) is 89.8 Å². The summed E-state index contributed by atoms with van der Waals surface area (Å²) in [5.74, 6) is -0.547. The van der Waals surface area contributed by atoms with Crippen LogP contribution in [0.25, 0.3) is 5.57 Å². The van der Waals surface area contributed by atoms with Crippen molar-refractivity contribution in [1.29, 1.82) is 0 Å². The molecule has 9 nitrogen and oxygen atoms in total. The first kappa shape index (κ1) is 39.9. The maximum absolute atomic E-state index is 13.3. The number of nitrogens with zero attached hydrogens (tertiary/aromatic N) is 2. The van der Waals surface area contributed by atoms with E-state index in [2.05, 4.69) is 55.0 Å². The highest BCUT2D eigenvalue weighted by molar-refractivity contribution is 7.14. The first-order chi connectivity index (χ1) is 23.8. The zero-order valence-electron chi connectivity index (χ0n) is 30.3. The number of hydrogen-bond acceptors (Lipinski definition) is 6. The highest BCUT2D eigenvalue weighted by Crippen LogP contribution is 2.29. The molecule has 2 aromatic carbocycles. The van der Waals surface area contributed by atoms with Crippen molar-refractivity contribution in [3.8, 4) is 5.75 Å². The largest absolute Gasteiger partial charge is 0.494 e. The Morgan fingerprint density at radius 2 is 1.60 bits per heavy atom. The number of thiophene rings is 1. The molecule has 10 heteroatoms. The number of carbonyl (C=O) groups is 3. The van der Waals surface area contributed by atoms with Crippen LogP contribution in [0.3, 0.4) is 0 Å². The standard InChI is InChI=1S/C40H52N4O5S/c1-8-9-10-11-12-23-49-32-19-17-30(18-20-32)27(2)26-42-37(41-7)31-15-13-29(14-16-31)25-33(38(47)43-28(3)24-36(45)46)44-39(48)34-21-22-35(50-34)40(4,5)6/h13-22,26,28,33H,7-12,23-25H2,1-6H3,(H,43,47)(H,44,48)(H,45,46)/b27-26+,42-37-/t28-,33-/m0/s1. The molecule has 0 saturated heterocycles. The Morgan fingerprint density at radius 1 is 0.940 bits per heavy atom. The van der Waals surface area contributed by atoms with Crippen LogP contribution < -0.4 is 15.4 Å². The molecule has 3 aromatic rings. The summed E-state index contributed by atoms with van der Waals surface area (Å²) in [5.41, 5.74) is 3.39. The van der Waals surface area contributed by atoms with Gasteiger partial charge in [0.25, 0.3) is 5.91 Å². The van der Waals surface area contributed by atoms with E-state index in [9.17, 15) is 14.4 Å². The van der Waals surface area contributed by atoms with Gasteiger partial charge in [0.1, 0.15) is 11.8 Å². The molecular weight excluding hydrogens is 649 g/mol. The molecule has 3 rings (SSSR count). The number of carboxylic acids is 1. The minimum absolute atomic E-state index is 0.112. The number of aliphatic carboxylic acids is 1. The predicted octanol–water partition coefficient (Wildman–Crippen LogP) is 8.22. The van der Waals surface area contributed by atoms with Crippen molar-refractivity contribution in [2.45, 2.75) is 104 Å². The molecule has 0 radical (unpaired) electrons. The Kier molecular flexibility index (Phi) is 15.6. The lowest BCUT2D eigenvalue weighted by atomic mass is 9.95. The van der Waals surface area contributed by atoms with Crippen molar-refractivity contribution in [3.63, 3.8) is 0 Å². The number of amides is 2. The van der Waals surface area contributed by atoms with Crippen LogP contribution in [0.1, 0.15) is 111 Å². The second-order valence-electron chi connectivity index (χ2n) is 13.6. The third-order valence-electron chi connectivity index (χ3n) is 8.07. The zero-order chi connectivity index (χ0) is 36.7. The summed E-state index contributed by atoms with van der Waals surface area (Å²) < 4.78 is 5.89. The maximum atomic E-state index is 13.3. The van der Waals surface area contributed by atoms with E-state index in [4.69, 9.17) is 9.84 Å². The number of amidine groups is 1. The summed E-state index contributed by atoms with van der Waals surface area (Å²) in [5, 5.41) is 14.8. The fourth-order valence-corrected chi connectivity index (χ4v) is 6.10. The lowest BCUT2D eigenvalue weighted by Crippen LogP contribution is -2.50. The number of carboxylic acid groups (broad SMARTS) is 1. The Balaban J connectivity index is 1.70. The molecule has 2 atom stereocenters. The normalized spacial score (nSPS) is 13.3. The molecule has 0 aliphatic rings. The van der Waals surface area contributed by atoms with Crippen LogP contribution in [0, 0.1) is 0 Å². The van der Waals surface area contributed by atoms with Crippen molar-refractivity contribution >= 4 is 47.2 Å². The van der Waals surface area contributed by atoms with Crippen LogP contribution in [0.5, 0.6) is 5.75 Å². The molecule has 0 aliphatic carbocycles. The number of aliphatic imine (C=N–C) groups is 2. The highest BCUT2D eigenvalue weighted by atomic mass is 32.1. The summed E-state index contributed by atoms with van der Waals surface area (Å²) in [6.07, 6.45) is 7.72. The van der Waals surface area contributed by atoms with Gasteiger partial charge in [0.05, 0.1) is 17.9 Å². The molecule has 0 bridgehead atoms. The summed E-state index contributed by atoms with van der Waals surface area (Å²) >= 11 is 1.39. The number of nitrogens with one attached hydrogen (secondary N) is 2. The number of ether oxygens (including phenoxy) is 1. The molecular formula is C40H52N4O5S. The molecule has 268 valence electrons. The minimum atomic E-state index is -1.02. The molecule has 0 spiro atoms. The molecule has 0 unspecified atom stereocenters. The van der Waals surface area contributed by atoms with E-state index < -0.39 is 24.0 Å². The van der Waals surface area contributed by atoms with Crippen LogP contribution in [0.15, 0.2) is 76.8 Å². The maximum Gasteiger partial charge on any atom is 0.305 e. The van der Waals surface area contributed by atoms with Crippen molar-refractivity contribution in [2.75, 3.05) is 6.61 Å². The van der Waals surface area contributed by atoms with Crippen LogP contribution in [-0.2, 0) is 21.4 Å². The van der Waals surface area contributed by atoms with Crippen LogP contribution in [0.4, 0.5) is 0 Å². The van der Waals surface area contributed by atoms with Crippen LogP contribution in [0.2, 0.25) is 0 Å². The van der Waals surface area contributed by atoms with Crippen LogP contribution >= 0.6 is 11.3 Å². The van der Waals surface area contributed by atoms with Gasteiger partial charge in [0, 0.05) is 29.1 Å². The first-order valence-corrected chi connectivity index (χ1v) is 18.1. The topological polar surface area (TPSA) is 129 Å². The monoisotopic (exact) mass is 700 g/mol. The van der Waals surface area contributed by atoms with E-state index in [1.54, 1.807) is 19.2 Å². The smallest absolute Gasteiger partial charge is 0.305 e. The average Bonchev–Trinajstić information content (AvgIpc) is 3.58. The summed E-state index contributed by atoms with van der Waals surface area (Å²) in [4.78, 5) is 48.0. The van der Waals surface area contributed by atoms with Crippen molar-refractivity contribution in [2.24, 2.45) is 9.98 Å². The number of rotatable bonds is 18. The highest BCUT2D eigenvalue weighted by Gasteiger charge is 2.26. The third kappa shape index (κ3) is 13.0. The Bertz CT molecular complexity index is 1640. The molecule has 3 N–H and O–H groups in total. The number of carbonyl (C=O) groups excluding carboxylic acids is 2. The molecule has 1 aromatic heterocycles. The van der Waals surface area contributed by atoms with E-state index in [1.165, 1.54) is 37.0 Å². The summed E-state index contributed by atoms with van der Waals surface area (Å²) in [6, 6.07) is 17.5. The van der Waals surface area contributed by atoms with Gasteiger partial charge in [0.15, 0.2) is 5.84 Å². The predicted molar refractivity (Wildman–Crippen MR) is 205 cm³/mol. The minimum Gasteiger partial charge on any atom is -0.494 e. The van der Waals surface area contributed by atoms with E-state index in [-0.39, 0.29) is 24.2 Å². The second kappa shape index (κ2) is 19.6. The van der Waals surface area contributed by atoms with E-state index in [1.807, 2.05) is 61.5 Å².